The van der Waals surface area contributed by atoms with Crippen molar-refractivity contribution in [2.24, 2.45) is 11.8 Å². The molecule has 2 aromatic rings. The zero-order chi connectivity index (χ0) is 19.0. The summed E-state index contributed by atoms with van der Waals surface area (Å²) in [5.41, 5.74) is 1.03. The smallest absolute Gasteiger partial charge is 0.261 e. The van der Waals surface area contributed by atoms with E-state index in [0.29, 0.717) is 11.8 Å². The van der Waals surface area contributed by atoms with Crippen LogP contribution in [-0.4, -0.2) is 35.0 Å². The number of amides is 1. The Labute approximate surface area is 165 Å². The monoisotopic (exact) mass is 386 g/mol. The third kappa shape index (κ3) is 3.56. The predicted octanol–water partition coefficient (Wildman–Crippen LogP) is 4.54. The average Bonchev–Trinajstić information content (AvgIpc) is 3.03. The summed E-state index contributed by atoms with van der Waals surface area (Å²) < 4.78 is 0. The van der Waals surface area contributed by atoms with E-state index < -0.39 is 0 Å². The van der Waals surface area contributed by atoms with E-state index in [2.05, 4.69) is 41.0 Å². The van der Waals surface area contributed by atoms with E-state index in [0.717, 1.165) is 46.0 Å². The SMILES string of the molecule is Cc1c(C(=O)NC2CCCC(C)C2C)sc2ncnc(N3CCCCC3)c12. The molecule has 27 heavy (non-hydrogen) atoms. The van der Waals surface area contributed by atoms with Gasteiger partial charge < -0.3 is 10.2 Å². The fourth-order valence-corrected chi connectivity index (χ4v) is 5.68. The number of aromatic nitrogens is 2. The minimum Gasteiger partial charge on any atom is -0.356 e. The Kier molecular flexibility index (Phi) is 5.35. The van der Waals surface area contributed by atoms with Crippen LogP contribution in [0.5, 0.6) is 0 Å². The molecule has 3 unspecified atom stereocenters. The van der Waals surface area contributed by atoms with Crippen molar-refractivity contribution >= 4 is 33.3 Å². The summed E-state index contributed by atoms with van der Waals surface area (Å²) in [6.07, 6.45) is 8.91. The van der Waals surface area contributed by atoms with Crippen molar-refractivity contribution in [3.8, 4) is 0 Å². The number of aryl methyl sites for hydroxylation is 1. The maximum absolute atomic E-state index is 13.1. The topological polar surface area (TPSA) is 58.1 Å². The molecule has 1 saturated heterocycles. The van der Waals surface area contributed by atoms with Crippen molar-refractivity contribution in [1.29, 1.82) is 0 Å². The number of hydrogen-bond donors (Lipinski definition) is 1. The Morgan fingerprint density at radius 1 is 1.15 bits per heavy atom. The third-order valence-corrected chi connectivity index (χ3v) is 7.79. The van der Waals surface area contributed by atoms with Gasteiger partial charge in [0.15, 0.2) is 0 Å². The molecule has 0 bridgehead atoms. The highest BCUT2D eigenvalue weighted by atomic mass is 32.1. The van der Waals surface area contributed by atoms with Crippen LogP contribution in [-0.2, 0) is 0 Å². The Morgan fingerprint density at radius 3 is 2.70 bits per heavy atom. The average molecular weight is 387 g/mol. The Morgan fingerprint density at radius 2 is 1.93 bits per heavy atom. The molecular weight excluding hydrogens is 356 g/mol. The lowest BCUT2D eigenvalue weighted by Crippen LogP contribution is -2.43. The second kappa shape index (κ2) is 7.74. The zero-order valence-corrected chi connectivity index (χ0v) is 17.4. The first kappa shape index (κ1) is 18.7. The molecule has 1 N–H and O–H groups in total. The second-order valence-electron chi connectivity index (χ2n) is 8.33. The van der Waals surface area contributed by atoms with Crippen molar-refractivity contribution in [2.45, 2.75) is 65.3 Å². The van der Waals surface area contributed by atoms with E-state index in [-0.39, 0.29) is 11.9 Å². The number of nitrogens with zero attached hydrogens (tertiary/aromatic N) is 3. The van der Waals surface area contributed by atoms with Gasteiger partial charge in [0.1, 0.15) is 17.0 Å². The number of thiophene rings is 1. The second-order valence-corrected chi connectivity index (χ2v) is 9.33. The number of nitrogens with one attached hydrogen (secondary N) is 1. The Balaban J connectivity index is 1.62. The summed E-state index contributed by atoms with van der Waals surface area (Å²) in [7, 11) is 0. The highest BCUT2D eigenvalue weighted by Gasteiger charge is 2.30. The normalized spacial score (nSPS) is 26.3. The molecule has 6 heteroatoms. The summed E-state index contributed by atoms with van der Waals surface area (Å²) >= 11 is 1.51. The van der Waals surface area contributed by atoms with Crippen LogP contribution in [0.15, 0.2) is 6.33 Å². The molecule has 1 saturated carbocycles. The molecule has 1 amide bonds. The van der Waals surface area contributed by atoms with Gasteiger partial charge in [-0.1, -0.05) is 26.7 Å². The van der Waals surface area contributed by atoms with Crippen LogP contribution in [0.1, 0.15) is 67.6 Å². The predicted molar refractivity (Wildman–Crippen MR) is 112 cm³/mol. The summed E-state index contributed by atoms with van der Waals surface area (Å²) in [6.45, 7) is 8.71. The first-order valence-electron chi connectivity index (χ1n) is 10.4. The fraction of sp³-hybridized carbons (Fsp3) is 0.667. The first-order chi connectivity index (χ1) is 13.1. The molecule has 3 atom stereocenters. The molecule has 1 aliphatic heterocycles. The van der Waals surface area contributed by atoms with Gasteiger partial charge >= 0.3 is 0 Å². The van der Waals surface area contributed by atoms with Gasteiger partial charge in [-0.3, -0.25) is 4.79 Å². The minimum absolute atomic E-state index is 0.0612. The number of anilines is 1. The number of carbonyl (C=O) groups is 1. The molecule has 0 radical (unpaired) electrons. The quantitative estimate of drug-likeness (QED) is 0.841. The molecular formula is C21H30N4OS. The molecule has 0 spiro atoms. The molecule has 2 aliphatic rings. The maximum Gasteiger partial charge on any atom is 0.261 e. The van der Waals surface area contributed by atoms with Crippen LogP contribution < -0.4 is 10.2 Å². The van der Waals surface area contributed by atoms with Gasteiger partial charge in [-0.2, -0.15) is 0 Å². The van der Waals surface area contributed by atoms with Crippen molar-refractivity contribution in [1.82, 2.24) is 15.3 Å². The van der Waals surface area contributed by atoms with Gasteiger partial charge in [-0.25, -0.2) is 9.97 Å². The van der Waals surface area contributed by atoms with Crippen molar-refractivity contribution in [2.75, 3.05) is 18.0 Å². The lowest BCUT2D eigenvalue weighted by molar-refractivity contribution is 0.0895. The van der Waals surface area contributed by atoms with Gasteiger partial charge in [0.25, 0.3) is 5.91 Å². The van der Waals surface area contributed by atoms with Crippen LogP contribution in [0.4, 0.5) is 5.82 Å². The van der Waals surface area contributed by atoms with E-state index in [9.17, 15) is 4.79 Å². The Bertz CT molecular complexity index is 827. The van der Waals surface area contributed by atoms with Gasteiger partial charge in [0.2, 0.25) is 0 Å². The largest absolute Gasteiger partial charge is 0.356 e. The van der Waals surface area contributed by atoms with E-state index in [1.807, 2.05) is 0 Å². The summed E-state index contributed by atoms with van der Waals surface area (Å²) in [5.74, 6) is 2.27. The van der Waals surface area contributed by atoms with Gasteiger partial charge in [0, 0.05) is 19.1 Å². The van der Waals surface area contributed by atoms with Gasteiger partial charge in [0.05, 0.1) is 10.3 Å². The Hall–Kier alpha value is -1.69. The number of hydrogen-bond acceptors (Lipinski definition) is 5. The van der Waals surface area contributed by atoms with Gasteiger partial charge in [-0.15, -0.1) is 11.3 Å². The van der Waals surface area contributed by atoms with Crippen LogP contribution in [0.25, 0.3) is 10.2 Å². The summed E-state index contributed by atoms with van der Waals surface area (Å²) in [5, 5.41) is 4.39. The number of fused-ring (bicyclic) bond motifs is 1. The third-order valence-electron chi connectivity index (χ3n) is 6.59. The molecule has 0 aromatic carbocycles. The molecule has 2 fully saturated rings. The lowest BCUT2D eigenvalue weighted by Gasteiger charge is -2.34. The van der Waals surface area contributed by atoms with Crippen molar-refractivity contribution < 1.29 is 4.79 Å². The molecule has 4 rings (SSSR count). The first-order valence-corrected chi connectivity index (χ1v) is 11.2. The molecule has 2 aromatic heterocycles. The maximum atomic E-state index is 13.1. The molecule has 146 valence electrons. The fourth-order valence-electron chi connectivity index (χ4n) is 4.63. The van der Waals surface area contributed by atoms with Gasteiger partial charge in [-0.05, 0) is 50.0 Å². The van der Waals surface area contributed by atoms with Crippen LogP contribution in [0.2, 0.25) is 0 Å². The van der Waals surface area contributed by atoms with E-state index >= 15 is 0 Å². The summed E-state index contributed by atoms with van der Waals surface area (Å²) in [6, 6.07) is 0.276. The van der Waals surface area contributed by atoms with E-state index in [1.165, 1.54) is 43.4 Å². The highest BCUT2D eigenvalue weighted by molar-refractivity contribution is 7.20. The number of piperidine rings is 1. The molecule has 1 aliphatic carbocycles. The van der Waals surface area contributed by atoms with E-state index in [4.69, 9.17) is 0 Å². The molecule has 5 nitrogen and oxygen atoms in total. The highest BCUT2D eigenvalue weighted by Crippen LogP contribution is 2.36. The minimum atomic E-state index is 0.0612. The standard InChI is InChI=1S/C21H30N4OS/c1-13-8-7-9-16(14(13)2)24-20(26)18-15(3)17-19(22-12-23-21(17)27-18)25-10-5-4-6-11-25/h12-14,16H,4-11H2,1-3H3,(H,24,26). The molecule has 3 heterocycles. The summed E-state index contributed by atoms with van der Waals surface area (Å²) in [4.78, 5) is 26.2. The van der Waals surface area contributed by atoms with Crippen molar-refractivity contribution in [3.63, 3.8) is 0 Å². The van der Waals surface area contributed by atoms with Crippen LogP contribution >= 0.6 is 11.3 Å². The zero-order valence-electron chi connectivity index (χ0n) is 16.6. The van der Waals surface area contributed by atoms with Crippen LogP contribution in [0, 0.1) is 18.8 Å². The lowest BCUT2D eigenvalue weighted by atomic mass is 9.78. The van der Waals surface area contributed by atoms with Crippen LogP contribution in [0.3, 0.4) is 0 Å². The number of carbonyl (C=O) groups excluding carboxylic acids is 1. The van der Waals surface area contributed by atoms with E-state index in [1.54, 1.807) is 6.33 Å². The van der Waals surface area contributed by atoms with Crippen molar-refractivity contribution in [3.05, 3.63) is 16.8 Å². The number of rotatable bonds is 3.